The molecule has 1 aliphatic rings. The van der Waals surface area contributed by atoms with Gasteiger partial charge in [0, 0.05) is 38.4 Å². The molecule has 1 amide bonds. The van der Waals surface area contributed by atoms with E-state index in [1.807, 2.05) is 26.8 Å². The summed E-state index contributed by atoms with van der Waals surface area (Å²) < 4.78 is 17.2. The van der Waals surface area contributed by atoms with E-state index in [1.54, 1.807) is 24.2 Å². The zero-order chi connectivity index (χ0) is 29.4. The van der Waals surface area contributed by atoms with Gasteiger partial charge < -0.3 is 24.8 Å². The third kappa shape index (κ3) is 8.46. The molecule has 0 saturated carbocycles. The van der Waals surface area contributed by atoms with Crippen molar-refractivity contribution < 1.29 is 23.8 Å². The molecule has 222 valence electrons. The number of amides is 1. The van der Waals surface area contributed by atoms with Gasteiger partial charge in [-0.2, -0.15) is 0 Å². The lowest BCUT2D eigenvalue weighted by Crippen LogP contribution is -2.37. The number of hydrogen-bond acceptors (Lipinski definition) is 12. The van der Waals surface area contributed by atoms with Crippen molar-refractivity contribution in [3.05, 3.63) is 18.5 Å². The van der Waals surface area contributed by atoms with Gasteiger partial charge in [0.1, 0.15) is 10.6 Å². The third-order valence-electron chi connectivity index (χ3n) is 6.28. The number of thiophene rings is 1. The highest BCUT2D eigenvalue weighted by Gasteiger charge is 2.27. The predicted molar refractivity (Wildman–Crippen MR) is 159 cm³/mol. The van der Waals surface area contributed by atoms with Gasteiger partial charge >= 0.3 is 12.1 Å². The monoisotopic (exact) mass is 585 g/mol. The summed E-state index contributed by atoms with van der Waals surface area (Å²) in [5.74, 6) is 1.27. The largest absolute Gasteiger partial charge is 0.466 e. The van der Waals surface area contributed by atoms with Crippen LogP contribution in [-0.4, -0.2) is 77.1 Å². The Kier molecular flexibility index (Phi) is 10.3. The minimum Gasteiger partial charge on any atom is -0.466 e. The summed E-state index contributed by atoms with van der Waals surface area (Å²) in [5.41, 5.74) is 6.41. The number of hydrogen-bond donors (Lipinski definition) is 1. The molecule has 41 heavy (non-hydrogen) atoms. The quantitative estimate of drug-likeness (QED) is 0.244. The van der Waals surface area contributed by atoms with E-state index in [9.17, 15) is 9.59 Å². The number of carbonyl (C=O) groups is 2. The lowest BCUT2D eigenvalue weighted by molar-refractivity contribution is -0.143. The van der Waals surface area contributed by atoms with Gasteiger partial charge in [0.15, 0.2) is 11.6 Å². The number of aromatic nitrogens is 4. The van der Waals surface area contributed by atoms with Crippen LogP contribution in [0.2, 0.25) is 0 Å². The van der Waals surface area contributed by atoms with Crippen LogP contribution < -0.4 is 15.5 Å². The molecule has 0 aliphatic carbocycles. The van der Waals surface area contributed by atoms with Gasteiger partial charge in [0.25, 0.3) is 0 Å². The number of anilines is 3. The Labute approximate surface area is 244 Å². The second-order valence-electron chi connectivity index (χ2n) is 10.7. The van der Waals surface area contributed by atoms with Crippen molar-refractivity contribution in [2.45, 2.75) is 65.4 Å². The third-order valence-corrected chi connectivity index (χ3v) is 7.42. The van der Waals surface area contributed by atoms with Crippen molar-refractivity contribution in [1.29, 1.82) is 0 Å². The molecule has 0 unspecified atom stereocenters. The highest BCUT2D eigenvalue weighted by atomic mass is 32.1. The van der Waals surface area contributed by atoms with Gasteiger partial charge in [-0.3, -0.25) is 9.69 Å². The number of rotatable bonds is 11. The topological polar surface area (TPSA) is 146 Å². The zero-order valence-electron chi connectivity index (χ0n) is 24.2. The fourth-order valence-electron chi connectivity index (χ4n) is 4.34. The normalized spacial score (nSPS) is 13.8. The SMILES string of the molecule is CCOC(=O)CCCCCCN(C(=O)OC(C)(C)C)c1cc2nc(-c3cnc(N)nc3)nc(N3CCOCC3)c2s1. The fourth-order valence-corrected chi connectivity index (χ4v) is 5.47. The molecule has 0 spiro atoms. The van der Waals surface area contributed by atoms with Gasteiger partial charge in [0.05, 0.1) is 35.6 Å². The summed E-state index contributed by atoms with van der Waals surface area (Å²) in [6.45, 7) is 10.8. The predicted octanol–water partition coefficient (Wildman–Crippen LogP) is 4.82. The Hall–Kier alpha value is -3.58. The van der Waals surface area contributed by atoms with E-state index in [2.05, 4.69) is 14.9 Å². The molecule has 1 fully saturated rings. The first kappa shape index (κ1) is 30.4. The number of esters is 1. The van der Waals surface area contributed by atoms with E-state index >= 15 is 0 Å². The molecule has 4 heterocycles. The molecule has 2 N–H and O–H groups in total. The van der Waals surface area contributed by atoms with Gasteiger partial charge in [-0.25, -0.2) is 24.7 Å². The molecule has 0 aromatic carbocycles. The van der Waals surface area contributed by atoms with E-state index in [4.69, 9.17) is 29.9 Å². The molecule has 12 nitrogen and oxygen atoms in total. The highest BCUT2D eigenvalue weighted by molar-refractivity contribution is 7.23. The van der Waals surface area contributed by atoms with Crippen molar-refractivity contribution in [2.75, 3.05) is 55.0 Å². The second kappa shape index (κ2) is 13.9. The number of nitrogen functional groups attached to an aromatic ring is 1. The first-order valence-electron chi connectivity index (χ1n) is 14.0. The van der Waals surface area contributed by atoms with Crippen molar-refractivity contribution in [1.82, 2.24) is 19.9 Å². The maximum Gasteiger partial charge on any atom is 0.415 e. The Balaban J connectivity index is 1.61. The number of nitrogens with zero attached hydrogens (tertiary/aromatic N) is 6. The van der Waals surface area contributed by atoms with Crippen LogP contribution in [0.5, 0.6) is 0 Å². The molecule has 13 heteroatoms. The molecule has 0 bridgehead atoms. The second-order valence-corrected chi connectivity index (χ2v) is 11.7. The van der Waals surface area contributed by atoms with Crippen LogP contribution in [0.15, 0.2) is 18.5 Å². The van der Waals surface area contributed by atoms with Crippen LogP contribution in [0, 0.1) is 0 Å². The fraction of sp³-hybridized carbons (Fsp3) is 0.571. The number of fused-ring (bicyclic) bond motifs is 1. The summed E-state index contributed by atoms with van der Waals surface area (Å²) in [6.07, 6.45) is 6.45. The lowest BCUT2D eigenvalue weighted by atomic mass is 10.1. The minimum absolute atomic E-state index is 0.171. The van der Waals surface area contributed by atoms with Crippen LogP contribution >= 0.6 is 11.3 Å². The molecule has 0 atom stereocenters. The molecule has 1 saturated heterocycles. The maximum atomic E-state index is 13.4. The van der Waals surface area contributed by atoms with E-state index in [0.29, 0.717) is 57.3 Å². The first-order valence-corrected chi connectivity index (χ1v) is 14.8. The summed E-state index contributed by atoms with van der Waals surface area (Å²) in [6, 6.07) is 1.91. The first-order chi connectivity index (χ1) is 19.6. The number of unbranched alkanes of at least 4 members (excludes halogenated alkanes) is 3. The van der Waals surface area contributed by atoms with Gasteiger partial charge in [0.2, 0.25) is 5.95 Å². The number of ether oxygens (including phenoxy) is 3. The summed E-state index contributed by atoms with van der Waals surface area (Å²) >= 11 is 1.47. The molecular formula is C28H39N7O5S. The van der Waals surface area contributed by atoms with Crippen molar-refractivity contribution in [2.24, 2.45) is 0 Å². The summed E-state index contributed by atoms with van der Waals surface area (Å²) in [5, 5.41) is 0.732. The zero-order valence-corrected chi connectivity index (χ0v) is 25.0. The molecular weight excluding hydrogens is 546 g/mol. The van der Waals surface area contributed by atoms with E-state index < -0.39 is 11.7 Å². The number of nitrogens with two attached hydrogens (primary N) is 1. The van der Waals surface area contributed by atoms with Crippen molar-refractivity contribution in [3.63, 3.8) is 0 Å². The lowest BCUT2D eigenvalue weighted by Gasteiger charge is -2.28. The molecule has 3 aromatic rings. The smallest absolute Gasteiger partial charge is 0.415 e. The van der Waals surface area contributed by atoms with Crippen LogP contribution in [0.1, 0.15) is 59.8 Å². The van der Waals surface area contributed by atoms with Crippen LogP contribution in [0.25, 0.3) is 21.6 Å². The summed E-state index contributed by atoms with van der Waals surface area (Å²) in [4.78, 5) is 46.8. The van der Waals surface area contributed by atoms with Crippen LogP contribution in [-0.2, 0) is 19.0 Å². The maximum absolute atomic E-state index is 13.4. The van der Waals surface area contributed by atoms with E-state index in [-0.39, 0.29) is 11.9 Å². The standard InChI is InChI=1S/C28H39N7O5S/c1-5-39-22(36)10-8-6-7-9-11-35(27(37)40-28(2,3)4)21-16-20-23(41-21)25(34-12-14-38-15-13-34)33-24(32-20)19-17-30-26(29)31-18-19/h16-18H,5-15H2,1-4H3,(H2,29,30,31). The molecule has 3 aromatic heterocycles. The van der Waals surface area contributed by atoms with Crippen molar-refractivity contribution >= 4 is 50.4 Å². The Morgan fingerprint density at radius 1 is 1.10 bits per heavy atom. The van der Waals surface area contributed by atoms with Crippen LogP contribution in [0.4, 0.5) is 21.6 Å². The average Bonchev–Trinajstić information content (AvgIpc) is 3.36. The van der Waals surface area contributed by atoms with Gasteiger partial charge in [-0.1, -0.05) is 12.8 Å². The highest BCUT2D eigenvalue weighted by Crippen LogP contribution is 2.39. The summed E-state index contributed by atoms with van der Waals surface area (Å²) in [7, 11) is 0. The Morgan fingerprint density at radius 2 is 1.80 bits per heavy atom. The molecule has 1 aliphatic heterocycles. The van der Waals surface area contributed by atoms with Gasteiger partial charge in [-0.15, -0.1) is 11.3 Å². The van der Waals surface area contributed by atoms with Gasteiger partial charge in [-0.05, 0) is 46.6 Å². The number of carbonyl (C=O) groups excluding carboxylic acids is 2. The van der Waals surface area contributed by atoms with E-state index in [1.165, 1.54) is 11.3 Å². The van der Waals surface area contributed by atoms with E-state index in [0.717, 1.165) is 46.7 Å². The minimum atomic E-state index is -0.646. The van der Waals surface area contributed by atoms with Crippen molar-refractivity contribution in [3.8, 4) is 11.4 Å². The van der Waals surface area contributed by atoms with Crippen LogP contribution in [0.3, 0.4) is 0 Å². The Bertz CT molecular complexity index is 1320. The average molecular weight is 586 g/mol. The molecule has 0 radical (unpaired) electrons. The Morgan fingerprint density at radius 3 is 2.49 bits per heavy atom. The molecule has 4 rings (SSSR count). The number of morpholine rings is 1.